The molecule has 2 saturated carbocycles. The lowest BCUT2D eigenvalue weighted by Gasteiger charge is -2.55. The largest absolute Gasteiger partial charge is 0.393 e. The molecular formula is C13H23NO. The molecule has 2 heteroatoms. The number of likely N-dealkylation sites (tertiary alicyclic amines) is 1. The van der Waals surface area contributed by atoms with Crippen molar-refractivity contribution in [3.63, 3.8) is 0 Å². The second-order valence-corrected chi connectivity index (χ2v) is 6.31. The van der Waals surface area contributed by atoms with Gasteiger partial charge >= 0.3 is 0 Å². The summed E-state index contributed by atoms with van der Waals surface area (Å²) in [5, 5.41) is 10.1. The van der Waals surface area contributed by atoms with Crippen LogP contribution in [0.15, 0.2) is 0 Å². The molecule has 86 valence electrons. The zero-order valence-electron chi connectivity index (χ0n) is 9.89. The number of nitrogens with zero attached hydrogens (tertiary/aromatic N) is 1. The van der Waals surface area contributed by atoms with E-state index in [-0.39, 0.29) is 6.10 Å². The van der Waals surface area contributed by atoms with Crippen LogP contribution in [-0.2, 0) is 0 Å². The summed E-state index contributed by atoms with van der Waals surface area (Å²) in [5.41, 5.74) is 0. The van der Waals surface area contributed by atoms with Crippen molar-refractivity contribution in [1.29, 1.82) is 0 Å². The maximum atomic E-state index is 10.1. The van der Waals surface area contributed by atoms with Crippen LogP contribution in [0.1, 0.15) is 32.6 Å². The van der Waals surface area contributed by atoms with Crippen molar-refractivity contribution < 1.29 is 5.11 Å². The molecule has 0 spiro atoms. The lowest BCUT2D eigenvalue weighted by Crippen LogP contribution is -2.57. The number of hydrogen-bond donors (Lipinski definition) is 1. The third kappa shape index (κ3) is 1.53. The standard InChI is InChI=1S/C13H23NO/c1-8-3-9-6-13(15)10-5-11(9)12(4-8)14(2)7-10/h8-13,15H,3-7H2,1-2H3/t8-,9+,10-,11-,12+,13-/m1/s1. The molecule has 0 aromatic heterocycles. The van der Waals surface area contributed by atoms with Gasteiger partial charge in [-0.25, -0.2) is 0 Å². The van der Waals surface area contributed by atoms with Gasteiger partial charge in [0, 0.05) is 12.6 Å². The zero-order valence-corrected chi connectivity index (χ0v) is 9.89. The summed E-state index contributed by atoms with van der Waals surface area (Å²) in [4.78, 5) is 2.53. The normalized spacial score (nSPS) is 55.4. The van der Waals surface area contributed by atoms with Crippen molar-refractivity contribution in [1.82, 2.24) is 4.90 Å². The SMILES string of the molecule is C[C@@H]1C[C@H]2C[C@@H](O)[C@@H]3C[C@H]2[C@H](C1)N(C)C3. The van der Waals surface area contributed by atoms with Gasteiger partial charge in [-0.05, 0) is 56.4 Å². The zero-order chi connectivity index (χ0) is 10.6. The van der Waals surface area contributed by atoms with Crippen molar-refractivity contribution in [2.75, 3.05) is 13.6 Å². The molecule has 0 radical (unpaired) electrons. The summed E-state index contributed by atoms with van der Waals surface area (Å²) in [7, 11) is 2.26. The summed E-state index contributed by atoms with van der Waals surface area (Å²) >= 11 is 0. The van der Waals surface area contributed by atoms with Gasteiger partial charge in [-0.2, -0.15) is 0 Å². The first-order valence-corrected chi connectivity index (χ1v) is 6.53. The van der Waals surface area contributed by atoms with Crippen LogP contribution in [0.3, 0.4) is 0 Å². The summed E-state index contributed by atoms with van der Waals surface area (Å²) in [6, 6.07) is 0.822. The Bertz CT molecular complexity index is 255. The Morgan fingerprint density at radius 2 is 1.87 bits per heavy atom. The molecule has 2 nitrogen and oxygen atoms in total. The van der Waals surface area contributed by atoms with Gasteiger partial charge < -0.3 is 10.0 Å². The van der Waals surface area contributed by atoms with E-state index in [1.165, 1.54) is 19.3 Å². The molecule has 2 bridgehead atoms. The topological polar surface area (TPSA) is 23.5 Å². The van der Waals surface area contributed by atoms with Gasteiger partial charge in [0.15, 0.2) is 0 Å². The number of piperidine rings is 1. The lowest BCUT2D eigenvalue weighted by atomic mass is 9.59. The fourth-order valence-electron chi connectivity index (χ4n) is 4.53. The van der Waals surface area contributed by atoms with E-state index in [0.29, 0.717) is 5.92 Å². The minimum Gasteiger partial charge on any atom is -0.393 e. The van der Waals surface area contributed by atoms with Crippen molar-refractivity contribution in [3.8, 4) is 0 Å². The quantitative estimate of drug-likeness (QED) is 0.657. The highest BCUT2D eigenvalue weighted by molar-refractivity contribution is 5.00. The first kappa shape index (κ1) is 10.1. The van der Waals surface area contributed by atoms with Crippen LogP contribution in [0.5, 0.6) is 0 Å². The Morgan fingerprint density at radius 3 is 2.67 bits per heavy atom. The monoisotopic (exact) mass is 209 g/mol. The van der Waals surface area contributed by atoms with E-state index in [1.807, 2.05) is 0 Å². The molecule has 0 unspecified atom stereocenters. The Morgan fingerprint density at radius 1 is 1.07 bits per heavy atom. The first-order chi connectivity index (χ1) is 7.15. The highest BCUT2D eigenvalue weighted by Gasteiger charge is 2.48. The van der Waals surface area contributed by atoms with Crippen LogP contribution < -0.4 is 0 Å². The molecule has 0 aromatic carbocycles. The van der Waals surface area contributed by atoms with Gasteiger partial charge in [0.2, 0.25) is 0 Å². The fraction of sp³-hybridized carbons (Fsp3) is 1.00. The molecule has 6 atom stereocenters. The van der Waals surface area contributed by atoms with Gasteiger partial charge in [-0.1, -0.05) is 6.92 Å². The molecule has 15 heavy (non-hydrogen) atoms. The van der Waals surface area contributed by atoms with Crippen molar-refractivity contribution in [2.24, 2.45) is 23.7 Å². The van der Waals surface area contributed by atoms with E-state index >= 15 is 0 Å². The van der Waals surface area contributed by atoms with Gasteiger partial charge in [-0.15, -0.1) is 0 Å². The molecule has 2 aliphatic carbocycles. The maximum Gasteiger partial charge on any atom is 0.0583 e. The summed E-state index contributed by atoms with van der Waals surface area (Å²) in [5.74, 6) is 3.14. The molecule has 3 rings (SSSR count). The van der Waals surface area contributed by atoms with Gasteiger partial charge in [-0.3, -0.25) is 0 Å². The van der Waals surface area contributed by atoms with E-state index < -0.39 is 0 Å². The van der Waals surface area contributed by atoms with Crippen molar-refractivity contribution >= 4 is 0 Å². The highest BCUT2D eigenvalue weighted by atomic mass is 16.3. The smallest absolute Gasteiger partial charge is 0.0583 e. The Balaban J connectivity index is 1.87. The fourth-order valence-corrected chi connectivity index (χ4v) is 4.53. The Kier molecular flexibility index (Phi) is 2.33. The molecule has 1 N–H and O–H groups in total. The number of aliphatic hydroxyl groups excluding tert-OH is 1. The second-order valence-electron chi connectivity index (χ2n) is 6.31. The lowest BCUT2D eigenvalue weighted by molar-refractivity contribution is -0.0933. The minimum atomic E-state index is -0.0139. The van der Waals surface area contributed by atoms with Crippen LogP contribution in [0.2, 0.25) is 0 Å². The maximum absolute atomic E-state index is 10.1. The molecule has 0 amide bonds. The molecule has 1 aliphatic heterocycles. The first-order valence-electron chi connectivity index (χ1n) is 6.53. The number of aliphatic hydroxyl groups is 1. The Hall–Kier alpha value is -0.0800. The number of hydrogen-bond acceptors (Lipinski definition) is 2. The molecule has 3 aliphatic rings. The predicted octanol–water partition coefficient (Wildman–Crippen LogP) is 1.73. The van der Waals surface area contributed by atoms with Crippen molar-refractivity contribution in [3.05, 3.63) is 0 Å². The van der Waals surface area contributed by atoms with Crippen LogP contribution in [0.4, 0.5) is 0 Å². The second kappa shape index (κ2) is 3.46. The Labute approximate surface area is 92.7 Å². The van der Waals surface area contributed by atoms with E-state index in [1.54, 1.807) is 0 Å². The minimum absolute atomic E-state index is 0.0139. The van der Waals surface area contributed by atoms with Crippen LogP contribution in [0.25, 0.3) is 0 Å². The molecular weight excluding hydrogens is 186 g/mol. The molecule has 1 heterocycles. The van der Waals surface area contributed by atoms with E-state index in [0.717, 1.165) is 36.8 Å². The third-order valence-electron chi connectivity index (χ3n) is 5.20. The summed E-state index contributed by atoms with van der Waals surface area (Å²) in [6.45, 7) is 3.51. The van der Waals surface area contributed by atoms with Gasteiger partial charge in [0.25, 0.3) is 0 Å². The molecule has 3 fully saturated rings. The van der Waals surface area contributed by atoms with Crippen LogP contribution in [0, 0.1) is 23.7 Å². The third-order valence-corrected chi connectivity index (χ3v) is 5.20. The average Bonchev–Trinajstić information content (AvgIpc) is 2.18. The van der Waals surface area contributed by atoms with Crippen LogP contribution in [-0.4, -0.2) is 35.7 Å². The van der Waals surface area contributed by atoms with Crippen molar-refractivity contribution in [2.45, 2.75) is 44.8 Å². The molecule has 0 aromatic rings. The van der Waals surface area contributed by atoms with E-state index in [4.69, 9.17) is 0 Å². The number of rotatable bonds is 0. The molecule has 1 saturated heterocycles. The summed E-state index contributed by atoms with van der Waals surface area (Å²) in [6.07, 6.45) is 5.12. The average molecular weight is 209 g/mol. The number of fused-ring (bicyclic) bond motifs is 1. The summed E-state index contributed by atoms with van der Waals surface area (Å²) < 4.78 is 0. The predicted molar refractivity (Wildman–Crippen MR) is 60.5 cm³/mol. The van der Waals surface area contributed by atoms with Crippen LogP contribution >= 0.6 is 0 Å². The van der Waals surface area contributed by atoms with Gasteiger partial charge in [0.1, 0.15) is 0 Å². The highest BCUT2D eigenvalue weighted by Crippen LogP contribution is 2.49. The van der Waals surface area contributed by atoms with E-state index in [2.05, 4.69) is 18.9 Å². The van der Waals surface area contributed by atoms with Gasteiger partial charge in [0.05, 0.1) is 6.10 Å². The van der Waals surface area contributed by atoms with E-state index in [9.17, 15) is 5.11 Å².